The lowest BCUT2D eigenvalue weighted by Gasteiger charge is -2.48. The zero-order valence-corrected chi connectivity index (χ0v) is 14.9. The number of likely N-dealkylation sites (tertiary alicyclic amines) is 1. The van der Waals surface area contributed by atoms with Crippen LogP contribution in [0.1, 0.15) is 32.6 Å². The zero-order chi connectivity index (χ0) is 16.9. The summed E-state index contributed by atoms with van der Waals surface area (Å²) in [4.78, 5) is 7.69. The molecule has 0 unspecified atom stereocenters. The van der Waals surface area contributed by atoms with Gasteiger partial charge in [0.2, 0.25) is 0 Å². The Morgan fingerprint density at radius 1 is 1.20 bits per heavy atom. The maximum Gasteiger partial charge on any atom is 0.0755 e. The molecule has 0 radical (unpaired) electrons. The van der Waals surface area contributed by atoms with E-state index in [1.807, 2.05) is 0 Å². The van der Waals surface area contributed by atoms with Crippen molar-refractivity contribution < 1.29 is 0 Å². The first-order chi connectivity index (χ1) is 12.3. The highest BCUT2D eigenvalue weighted by Gasteiger charge is 2.45. The van der Waals surface area contributed by atoms with Crippen LogP contribution in [-0.2, 0) is 0 Å². The van der Waals surface area contributed by atoms with E-state index in [0.29, 0.717) is 0 Å². The summed E-state index contributed by atoms with van der Waals surface area (Å²) in [5.41, 5.74) is 5.41. The van der Waals surface area contributed by atoms with E-state index in [-0.39, 0.29) is 5.54 Å². The van der Waals surface area contributed by atoms with Gasteiger partial charge in [0.15, 0.2) is 0 Å². The summed E-state index contributed by atoms with van der Waals surface area (Å²) in [6.45, 7) is 5.82. The van der Waals surface area contributed by atoms with Crippen LogP contribution in [0.2, 0.25) is 0 Å². The lowest BCUT2D eigenvalue weighted by Crippen LogP contribution is -2.57. The highest BCUT2D eigenvalue weighted by atomic mass is 15.2. The van der Waals surface area contributed by atoms with Gasteiger partial charge in [-0.3, -0.25) is 0 Å². The Labute approximate surface area is 149 Å². The molecular formula is C22H25N3. The fourth-order valence-corrected chi connectivity index (χ4v) is 4.86. The van der Waals surface area contributed by atoms with E-state index < -0.39 is 0 Å². The summed E-state index contributed by atoms with van der Waals surface area (Å²) in [6.07, 6.45) is 11.2. The van der Waals surface area contributed by atoms with E-state index in [1.165, 1.54) is 40.7 Å². The van der Waals surface area contributed by atoms with Crippen LogP contribution < -0.4 is 15.9 Å². The fraction of sp³-hybridized carbons (Fsp3) is 0.409. The van der Waals surface area contributed by atoms with Crippen LogP contribution in [0.15, 0.2) is 64.5 Å². The molecule has 0 bridgehead atoms. The molecule has 0 saturated carbocycles. The first-order valence-electron chi connectivity index (χ1n) is 9.60. The van der Waals surface area contributed by atoms with Crippen molar-refractivity contribution in [2.45, 2.75) is 38.1 Å². The lowest BCUT2D eigenvalue weighted by atomic mass is 9.74. The predicted octanol–water partition coefficient (Wildman–Crippen LogP) is 2.42. The third-order valence-electron chi connectivity index (χ3n) is 6.08. The highest BCUT2D eigenvalue weighted by molar-refractivity contribution is 5.79. The van der Waals surface area contributed by atoms with Gasteiger partial charge in [0.1, 0.15) is 0 Å². The second kappa shape index (κ2) is 5.70. The Balaban J connectivity index is 1.68. The number of hydrogen-bond donors (Lipinski definition) is 1. The number of para-hydroxylation sites is 1. The van der Waals surface area contributed by atoms with E-state index in [0.717, 1.165) is 37.7 Å². The Morgan fingerprint density at radius 3 is 2.88 bits per heavy atom. The molecule has 0 amide bonds. The van der Waals surface area contributed by atoms with Gasteiger partial charge in [0, 0.05) is 35.2 Å². The topological polar surface area (TPSA) is 27.6 Å². The summed E-state index contributed by atoms with van der Waals surface area (Å²) in [7, 11) is 0. The Hall–Kier alpha value is -2.13. The van der Waals surface area contributed by atoms with Crippen LogP contribution >= 0.6 is 0 Å². The van der Waals surface area contributed by atoms with Gasteiger partial charge in [-0.2, -0.15) is 0 Å². The minimum Gasteiger partial charge on any atom is -0.375 e. The predicted molar refractivity (Wildman–Crippen MR) is 101 cm³/mol. The molecule has 3 nitrogen and oxygen atoms in total. The first-order valence-corrected chi connectivity index (χ1v) is 9.60. The molecule has 1 spiro atoms. The molecule has 0 atom stereocenters. The minimum atomic E-state index is 0.0379. The van der Waals surface area contributed by atoms with Gasteiger partial charge >= 0.3 is 0 Å². The molecule has 128 valence electrons. The van der Waals surface area contributed by atoms with Gasteiger partial charge in [-0.25, -0.2) is 4.99 Å². The van der Waals surface area contributed by atoms with Gasteiger partial charge in [-0.15, -0.1) is 0 Å². The highest BCUT2D eigenvalue weighted by Crippen LogP contribution is 2.44. The van der Waals surface area contributed by atoms with Crippen molar-refractivity contribution in [3.63, 3.8) is 0 Å². The molecule has 3 heterocycles. The van der Waals surface area contributed by atoms with Crippen molar-refractivity contribution in [2.24, 2.45) is 4.99 Å². The zero-order valence-electron chi connectivity index (χ0n) is 14.9. The molecule has 0 aromatic heterocycles. The van der Waals surface area contributed by atoms with Crippen molar-refractivity contribution in [1.29, 1.82) is 0 Å². The first kappa shape index (κ1) is 15.2. The van der Waals surface area contributed by atoms with Crippen LogP contribution in [0, 0.1) is 0 Å². The van der Waals surface area contributed by atoms with Crippen molar-refractivity contribution >= 4 is 5.57 Å². The summed E-state index contributed by atoms with van der Waals surface area (Å²) in [6, 6.07) is 8.68. The van der Waals surface area contributed by atoms with Gasteiger partial charge < -0.3 is 10.2 Å². The molecule has 1 N–H and O–H groups in total. The minimum absolute atomic E-state index is 0.0379. The Kier molecular flexibility index (Phi) is 3.46. The van der Waals surface area contributed by atoms with Crippen LogP contribution in [0.25, 0.3) is 5.57 Å². The average Bonchev–Trinajstić information content (AvgIpc) is 3.05. The number of fused-ring (bicyclic) bond motifs is 4. The maximum atomic E-state index is 5.08. The summed E-state index contributed by atoms with van der Waals surface area (Å²) >= 11 is 0. The maximum absolute atomic E-state index is 5.08. The molecule has 3 heteroatoms. The van der Waals surface area contributed by atoms with Gasteiger partial charge in [-0.1, -0.05) is 37.3 Å². The number of hydrogen-bond acceptors (Lipinski definition) is 3. The monoisotopic (exact) mass is 331 g/mol. The normalized spacial score (nSPS) is 23.6. The standard InChI is InChI=1S/C22H25N3/c1-2-13-25-14-11-22(12-15-25)20-16-7-3-5-9-18(16)23-21(20)17-8-4-6-10-19(17)24-22/h3-7,9-10,24H,2,8,11-15H2,1H3. The smallest absolute Gasteiger partial charge is 0.0755 e. The average molecular weight is 331 g/mol. The molecule has 5 rings (SSSR count). The molecular weight excluding hydrogens is 306 g/mol. The SMILES string of the molecule is CCCN1CCC2(CC1)NC1=CC=CCC1=C1N=c3ccccc3=C12. The van der Waals surface area contributed by atoms with E-state index in [1.54, 1.807) is 0 Å². The fourth-order valence-electron chi connectivity index (χ4n) is 4.86. The third kappa shape index (κ3) is 2.26. The van der Waals surface area contributed by atoms with E-state index in [2.05, 4.69) is 59.6 Å². The van der Waals surface area contributed by atoms with Crippen LogP contribution in [-0.4, -0.2) is 30.1 Å². The largest absolute Gasteiger partial charge is 0.375 e. The van der Waals surface area contributed by atoms with Crippen molar-refractivity contribution in [1.82, 2.24) is 10.2 Å². The van der Waals surface area contributed by atoms with Crippen molar-refractivity contribution in [2.75, 3.05) is 19.6 Å². The number of allylic oxidation sites excluding steroid dienone is 4. The van der Waals surface area contributed by atoms with Gasteiger partial charge in [-0.05, 0) is 44.4 Å². The molecule has 3 aliphatic heterocycles. The van der Waals surface area contributed by atoms with Crippen LogP contribution in [0.4, 0.5) is 0 Å². The molecule has 1 aromatic carbocycles. The molecule has 1 fully saturated rings. The molecule has 1 aromatic rings. The number of nitrogens with one attached hydrogen (secondary N) is 1. The third-order valence-corrected chi connectivity index (χ3v) is 6.08. The number of benzene rings is 1. The van der Waals surface area contributed by atoms with E-state index >= 15 is 0 Å². The molecule has 1 aliphatic carbocycles. The summed E-state index contributed by atoms with van der Waals surface area (Å²) in [5.74, 6) is 0. The second-order valence-corrected chi connectivity index (χ2v) is 7.59. The second-order valence-electron chi connectivity index (χ2n) is 7.59. The molecule has 1 saturated heterocycles. The molecule has 25 heavy (non-hydrogen) atoms. The van der Waals surface area contributed by atoms with Crippen LogP contribution in [0.5, 0.6) is 0 Å². The summed E-state index contributed by atoms with van der Waals surface area (Å²) < 4.78 is 0. The molecule has 4 aliphatic rings. The van der Waals surface area contributed by atoms with E-state index in [9.17, 15) is 0 Å². The number of piperidine rings is 1. The lowest BCUT2D eigenvalue weighted by molar-refractivity contribution is 0.173. The Bertz CT molecular complexity index is 924. The van der Waals surface area contributed by atoms with Gasteiger partial charge in [0.25, 0.3) is 0 Å². The number of nitrogens with zero attached hydrogens (tertiary/aromatic N) is 2. The summed E-state index contributed by atoms with van der Waals surface area (Å²) in [5, 5.41) is 6.46. The Morgan fingerprint density at radius 2 is 2.04 bits per heavy atom. The van der Waals surface area contributed by atoms with Crippen molar-refractivity contribution in [3.8, 4) is 0 Å². The van der Waals surface area contributed by atoms with Gasteiger partial charge in [0.05, 0.1) is 16.6 Å². The van der Waals surface area contributed by atoms with Crippen molar-refractivity contribution in [3.05, 3.63) is 70.0 Å². The number of rotatable bonds is 2. The quantitative estimate of drug-likeness (QED) is 0.901. The van der Waals surface area contributed by atoms with E-state index in [4.69, 9.17) is 4.99 Å². The van der Waals surface area contributed by atoms with Crippen LogP contribution in [0.3, 0.4) is 0 Å².